The van der Waals surface area contributed by atoms with Gasteiger partial charge in [0.25, 0.3) is 0 Å². The van der Waals surface area contributed by atoms with Gasteiger partial charge in [-0.05, 0) is 6.92 Å². The van der Waals surface area contributed by atoms with Gasteiger partial charge >= 0.3 is 0 Å². The molecular formula is C9H13N5O. The molecule has 0 spiro atoms. The second-order valence-electron chi connectivity index (χ2n) is 3.10. The molecule has 6 nitrogen and oxygen atoms in total. The Morgan fingerprint density at radius 3 is 3.00 bits per heavy atom. The van der Waals surface area contributed by atoms with Crippen LogP contribution in [0.2, 0.25) is 0 Å². The molecule has 15 heavy (non-hydrogen) atoms. The van der Waals surface area contributed by atoms with Crippen LogP contribution in [-0.2, 0) is 0 Å². The normalized spacial score (nSPS) is 10.8. The van der Waals surface area contributed by atoms with Crippen molar-refractivity contribution >= 4 is 17.0 Å². The second-order valence-corrected chi connectivity index (χ2v) is 3.10. The van der Waals surface area contributed by atoms with Gasteiger partial charge in [0, 0.05) is 13.1 Å². The fourth-order valence-corrected chi connectivity index (χ4v) is 1.53. The first-order chi connectivity index (χ1) is 7.36. The number of nitrogens with zero attached hydrogens (tertiary/aromatic N) is 4. The van der Waals surface area contributed by atoms with Crippen molar-refractivity contribution in [1.29, 1.82) is 0 Å². The molecule has 0 fully saturated rings. The molecule has 2 aromatic rings. The molecule has 80 valence electrons. The summed E-state index contributed by atoms with van der Waals surface area (Å²) in [5, 5.41) is 8.94. The predicted octanol–water partition coefficient (Wildman–Crippen LogP) is 0.171. The highest BCUT2D eigenvalue weighted by atomic mass is 16.3. The lowest BCUT2D eigenvalue weighted by atomic mass is 10.4. The van der Waals surface area contributed by atoms with Crippen LogP contribution in [0.5, 0.6) is 0 Å². The topological polar surface area (TPSA) is 77.9 Å². The monoisotopic (exact) mass is 207 g/mol. The number of aliphatic hydroxyl groups is 1. The van der Waals surface area contributed by atoms with Gasteiger partial charge in [-0.25, -0.2) is 15.0 Å². The molecule has 6 heteroatoms. The quantitative estimate of drug-likeness (QED) is 0.747. The van der Waals surface area contributed by atoms with Crippen molar-refractivity contribution in [3.05, 3.63) is 12.7 Å². The molecule has 0 saturated heterocycles. The third-order valence-electron chi connectivity index (χ3n) is 2.25. The summed E-state index contributed by atoms with van der Waals surface area (Å²) in [6.07, 6.45) is 3.08. The molecule has 2 aromatic heterocycles. The third-order valence-corrected chi connectivity index (χ3v) is 2.25. The fourth-order valence-electron chi connectivity index (χ4n) is 1.53. The summed E-state index contributed by atoms with van der Waals surface area (Å²) in [5.74, 6) is 0.786. The van der Waals surface area contributed by atoms with Gasteiger partial charge in [-0.3, -0.25) is 0 Å². The van der Waals surface area contributed by atoms with Gasteiger partial charge in [0.05, 0.1) is 12.9 Å². The Bertz CT molecular complexity index is 441. The highest BCUT2D eigenvalue weighted by Gasteiger charge is 2.11. The lowest BCUT2D eigenvalue weighted by Gasteiger charge is -2.20. The van der Waals surface area contributed by atoms with E-state index < -0.39 is 0 Å². The molecular weight excluding hydrogens is 194 g/mol. The highest BCUT2D eigenvalue weighted by Crippen LogP contribution is 2.18. The molecule has 0 radical (unpaired) electrons. The Hall–Kier alpha value is -1.69. The van der Waals surface area contributed by atoms with Crippen molar-refractivity contribution in [3.8, 4) is 0 Å². The minimum absolute atomic E-state index is 0.105. The van der Waals surface area contributed by atoms with Crippen molar-refractivity contribution in [2.45, 2.75) is 6.92 Å². The lowest BCUT2D eigenvalue weighted by molar-refractivity contribution is 0.302. The van der Waals surface area contributed by atoms with Crippen LogP contribution in [0.4, 0.5) is 5.82 Å². The van der Waals surface area contributed by atoms with Gasteiger partial charge in [-0.2, -0.15) is 0 Å². The van der Waals surface area contributed by atoms with E-state index in [0.29, 0.717) is 12.2 Å². The smallest absolute Gasteiger partial charge is 0.182 e. The zero-order chi connectivity index (χ0) is 10.7. The fraction of sp³-hybridized carbons (Fsp3) is 0.444. The summed E-state index contributed by atoms with van der Waals surface area (Å²) in [6.45, 7) is 3.46. The standard InChI is InChI=1S/C9H13N5O/c1-2-14(3-4-15)9-7-8(11-5-10-7)12-6-13-9/h5-6,15H,2-4H2,1H3,(H,10,11,12,13). The van der Waals surface area contributed by atoms with E-state index >= 15 is 0 Å². The van der Waals surface area contributed by atoms with Gasteiger partial charge in [0.2, 0.25) is 0 Å². The van der Waals surface area contributed by atoms with Gasteiger partial charge in [0.1, 0.15) is 11.8 Å². The molecule has 0 atom stereocenters. The number of fused-ring (bicyclic) bond motifs is 1. The van der Waals surface area contributed by atoms with Crippen LogP contribution >= 0.6 is 0 Å². The number of anilines is 1. The van der Waals surface area contributed by atoms with E-state index in [9.17, 15) is 0 Å². The maximum Gasteiger partial charge on any atom is 0.182 e. The average Bonchev–Trinajstić information content (AvgIpc) is 2.73. The molecule has 0 aliphatic heterocycles. The number of likely N-dealkylation sites (N-methyl/N-ethyl adjacent to an activating group) is 1. The van der Waals surface area contributed by atoms with E-state index in [1.54, 1.807) is 6.33 Å². The average molecular weight is 207 g/mol. The van der Waals surface area contributed by atoms with E-state index in [1.807, 2.05) is 11.8 Å². The number of aromatic nitrogens is 4. The lowest BCUT2D eigenvalue weighted by Crippen LogP contribution is -2.27. The zero-order valence-corrected chi connectivity index (χ0v) is 8.51. The summed E-state index contributed by atoms with van der Waals surface area (Å²) in [4.78, 5) is 17.3. The van der Waals surface area contributed by atoms with E-state index in [2.05, 4.69) is 19.9 Å². The predicted molar refractivity (Wildman–Crippen MR) is 56.7 cm³/mol. The van der Waals surface area contributed by atoms with Gasteiger partial charge < -0.3 is 15.0 Å². The first-order valence-electron chi connectivity index (χ1n) is 4.86. The molecule has 0 aliphatic rings. The maximum atomic E-state index is 8.94. The number of hydrogen-bond donors (Lipinski definition) is 2. The molecule has 0 bridgehead atoms. The number of imidazole rings is 1. The molecule has 0 saturated carbocycles. The number of nitrogens with one attached hydrogen (secondary N) is 1. The molecule has 0 aliphatic carbocycles. The van der Waals surface area contributed by atoms with E-state index in [4.69, 9.17) is 5.11 Å². The first-order valence-corrected chi connectivity index (χ1v) is 4.86. The van der Waals surface area contributed by atoms with Gasteiger partial charge in [0.15, 0.2) is 11.5 Å². The number of H-pyrrole nitrogens is 1. The van der Waals surface area contributed by atoms with Gasteiger partial charge in [-0.1, -0.05) is 0 Å². The minimum atomic E-state index is 0.105. The zero-order valence-electron chi connectivity index (χ0n) is 8.51. The Kier molecular flexibility index (Phi) is 2.77. The number of rotatable bonds is 4. The molecule has 0 unspecified atom stereocenters. The van der Waals surface area contributed by atoms with Crippen LogP contribution in [0, 0.1) is 0 Å². The SMILES string of the molecule is CCN(CCO)c1ncnc2nc[nH]c12. The summed E-state index contributed by atoms with van der Waals surface area (Å²) in [5.41, 5.74) is 1.46. The van der Waals surface area contributed by atoms with Crippen LogP contribution in [0.15, 0.2) is 12.7 Å². The van der Waals surface area contributed by atoms with Crippen LogP contribution < -0.4 is 4.90 Å². The van der Waals surface area contributed by atoms with Crippen molar-refractivity contribution in [1.82, 2.24) is 19.9 Å². The minimum Gasteiger partial charge on any atom is -0.395 e. The molecule has 0 amide bonds. The summed E-state index contributed by atoms with van der Waals surface area (Å²) < 4.78 is 0. The molecule has 2 rings (SSSR count). The van der Waals surface area contributed by atoms with E-state index in [1.165, 1.54) is 6.33 Å². The third kappa shape index (κ3) is 1.75. The highest BCUT2D eigenvalue weighted by molar-refractivity contribution is 5.82. The van der Waals surface area contributed by atoms with E-state index in [-0.39, 0.29) is 6.61 Å². The van der Waals surface area contributed by atoms with E-state index in [0.717, 1.165) is 17.9 Å². The van der Waals surface area contributed by atoms with Crippen molar-refractivity contribution in [3.63, 3.8) is 0 Å². The number of aromatic amines is 1. The van der Waals surface area contributed by atoms with Crippen LogP contribution in [0.25, 0.3) is 11.2 Å². The summed E-state index contributed by atoms with van der Waals surface area (Å²) in [7, 11) is 0. The van der Waals surface area contributed by atoms with Crippen LogP contribution in [0.1, 0.15) is 6.92 Å². The Morgan fingerprint density at radius 2 is 2.27 bits per heavy atom. The maximum absolute atomic E-state index is 8.94. The number of hydrogen-bond acceptors (Lipinski definition) is 5. The Balaban J connectivity index is 2.44. The second kappa shape index (κ2) is 4.22. The first kappa shape index (κ1) is 9.85. The largest absolute Gasteiger partial charge is 0.395 e. The van der Waals surface area contributed by atoms with Crippen molar-refractivity contribution in [2.24, 2.45) is 0 Å². The number of aliphatic hydroxyl groups excluding tert-OH is 1. The molecule has 2 N–H and O–H groups in total. The molecule has 2 heterocycles. The van der Waals surface area contributed by atoms with Crippen LogP contribution in [0.3, 0.4) is 0 Å². The Morgan fingerprint density at radius 1 is 1.40 bits per heavy atom. The molecule has 0 aromatic carbocycles. The summed E-state index contributed by atoms with van der Waals surface area (Å²) >= 11 is 0. The van der Waals surface area contributed by atoms with Crippen LogP contribution in [-0.4, -0.2) is 44.7 Å². The van der Waals surface area contributed by atoms with Crippen molar-refractivity contribution < 1.29 is 5.11 Å². The van der Waals surface area contributed by atoms with Crippen molar-refractivity contribution in [2.75, 3.05) is 24.6 Å². The van der Waals surface area contributed by atoms with Gasteiger partial charge in [-0.15, -0.1) is 0 Å². The Labute approximate surface area is 87.0 Å². The summed E-state index contributed by atoms with van der Waals surface area (Å²) in [6, 6.07) is 0.